The second-order valence-electron chi connectivity index (χ2n) is 7.75. The quantitative estimate of drug-likeness (QED) is 0.739. The highest BCUT2D eigenvalue weighted by Gasteiger charge is 2.36. The first-order chi connectivity index (χ1) is 14.1. The molecule has 0 radical (unpaired) electrons. The van der Waals surface area contributed by atoms with Crippen LogP contribution in [0.3, 0.4) is 0 Å². The summed E-state index contributed by atoms with van der Waals surface area (Å²) in [6.07, 6.45) is 3.08. The molecule has 29 heavy (non-hydrogen) atoms. The lowest BCUT2D eigenvalue weighted by Crippen LogP contribution is -2.49. The van der Waals surface area contributed by atoms with Gasteiger partial charge in [0.05, 0.1) is 30.8 Å². The lowest BCUT2D eigenvalue weighted by atomic mass is 9.98. The number of hydrogen-bond acceptors (Lipinski definition) is 7. The third-order valence-electron chi connectivity index (χ3n) is 5.18. The van der Waals surface area contributed by atoms with Crippen molar-refractivity contribution in [2.24, 2.45) is 5.92 Å². The Hall–Kier alpha value is -2.71. The van der Waals surface area contributed by atoms with Crippen LogP contribution in [0.15, 0.2) is 42.6 Å². The Labute approximate surface area is 170 Å². The number of para-hydroxylation sites is 1. The Bertz CT molecular complexity index is 826. The van der Waals surface area contributed by atoms with Crippen LogP contribution in [-0.2, 0) is 14.3 Å². The van der Waals surface area contributed by atoms with Crippen molar-refractivity contribution in [2.45, 2.75) is 31.4 Å². The van der Waals surface area contributed by atoms with Crippen molar-refractivity contribution in [1.82, 2.24) is 15.3 Å². The summed E-state index contributed by atoms with van der Waals surface area (Å²) in [4.78, 5) is 21.1. The van der Waals surface area contributed by atoms with Crippen LogP contribution in [0.1, 0.15) is 19.8 Å². The molecule has 2 aliphatic heterocycles. The standard InChI is InChI=1S/C21H26N4O4/c1-21(8-10-27-14-21)25-19(26)15-11-17(28-13-15)12-23-20-22-9-7-18(24-20)29-16-5-3-2-4-6-16/h2-7,9,15,17H,8,10-14H2,1H3,(H,25,26)(H,22,23,24)/t15-,17-,21?/m0/s1. The number of aromatic nitrogens is 2. The fourth-order valence-corrected chi connectivity index (χ4v) is 3.49. The molecule has 8 heteroatoms. The van der Waals surface area contributed by atoms with Crippen LogP contribution in [0, 0.1) is 5.92 Å². The van der Waals surface area contributed by atoms with E-state index in [9.17, 15) is 4.79 Å². The first-order valence-electron chi connectivity index (χ1n) is 9.91. The van der Waals surface area contributed by atoms with Gasteiger partial charge in [-0.05, 0) is 31.9 Å². The molecule has 0 aliphatic carbocycles. The normalized spacial score (nSPS) is 26.2. The molecular weight excluding hydrogens is 372 g/mol. The molecule has 2 aliphatic rings. The topological polar surface area (TPSA) is 94.6 Å². The molecule has 0 spiro atoms. The van der Waals surface area contributed by atoms with E-state index in [0.717, 1.165) is 6.42 Å². The second kappa shape index (κ2) is 8.75. The van der Waals surface area contributed by atoms with Gasteiger partial charge in [0.25, 0.3) is 0 Å². The summed E-state index contributed by atoms with van der Waals surface area (Å²) < 4.78 is 16.9. The molecular formula is C21H26N4O4. The van der Waals surface area contributed by atoms with E-state index in [-0.39, 0.29) is 23.5 Å². The minimum atomic E-state index is -0.263. The van der Waals surface area contributed by atoms with Gasteiger partial charge in [0.1, 0.15) is 5.75 Å². The zero-order valence-electron chi connectivity index (χ0n) is 16.5. The number of rotatable bonds is 7. The van der Waals surface area contributed by atoms with Crippen molar-refractivity contribution >= 4 is 11.9 Å². The third-order valence-corrected chi connectivity index (χ3v) is 5.18. The lowest BCUT2D eigenvalue weighted by molar-refractivity contribution is -0.126. The number of hydrogen-bond donors (Lipinski definition) is 2. The van der Waals surface area contributed by atoms with Crippen molar-refractivity contribution in [3.8, 4) is 11.6 Å². The predicted octanol–water partition coefficient (Wildman–Crippen LogP) is 2.38. The molecule has 2 saturated heterocycles. The number of nitrogens with zero attached hydrogens (tertiary/aromatic N) is 2. The number of ether oxygens (including phenoxy) is 3. The maximum atomic E-state index is 12.5. The molecule has 2 aromatic rings. The van der Waals surface area contributed by atoms with Gasteiger partial charge in [-0.2, -0.15) is 4.98 Å². The number of amides is 1. The van der Waals surface area contributed by atoms with E-state index < -0.39 is 0 Å². The van der Waals surface area contributed by atoms with Gasteiger partial charge in [0.2, 0.25) is 17.7 Å². The van der Waals surface area contributed by atoms with Crippen molar-refractivity contribution < 1.29 is 19.0 Å². The number of nitrogens with one attached hydrogen (secondary N) is 2. The van der Waals surface area contributed by atoms with Crippen LogP contribution in [-0.4, -0.2) is 53.9 Å². The summed E-state index contributed by atoms with van der Waals surface area (Å²) in [6, 6.07) is 11.2. The van der Waals surface area contributed by atoms with E-state index in [1.54, 1.807) is 12.3 Å². The van der Waals surface area contributed by atoms with Gasteiger partial charge < -0.3 is 24.8 Å². The summed E-state index contributed by atoms with van der Waals surface area (Å²) in [7, 11) is 0. The van der Waals surface area contributed by atoms with Crippen molar-refractivity contribution in [3.63, 3.8) is 0 Å². The Morgan fingerprint density at radius 3 is 2.97 bits per heavy atom. The van der Waals surface area contributed by atoms with E-state index in [1.807, 2.05) is 37.3 Å². The maximum absolute atomic E-state index is 12.5. The molecule has 1 aromatic carbocycles. The largest absolute Gasteiger partial charge is 0.439 e. The van der Waals surface area contributed by atoms with Crippen LogP contribution in [0.2, 0.25) is 0 Å². The highest BCUT2D eigenvalue weighted by atomic mass is 16.5. The van der Waals surface area contributed by atoms with Crippen molar-refractivity contribution in [1.29, 1.82) is 0 Å². The molecule has 1 unspecified atom stereocenters. The van der Waals surface area contributed by atoms with Gasteiger partial charge in [0.15, 0.2) is 0 Å². The number of carbonyl (C=O) groups excluding carboxylic acids is 1. The van der Waals surface area contributed by atoms with E-state index >= 15 is 0 Å². The molecule has 3 heterocycles. The summed E-state index contributed by atoms with van der Waals surface area (Å²) >= 11 is 0. The highest BCUT2D eigenvalue weighted by molar-refractivity contribution is 5.80. The van der Waals surface area contributed by atoms with Gasteiger partial charge >= 0.3 is 0 Å². The summed E-state index contributed by atoms with van der Waals surface area (Å²) in [5.74, 6) is 1.53. The summed E-state index contributed by atoms with van der Waals surface area (Å²) in [5, 5.41) is 6.29. The van der Waals surface area contributed by atoms with E-state index in [1.165, 1.54) is 0 Å². The Morgan fingerprint density at radius 2 is 2.17 bits per heavy atom. The smallest absolute Gasteiger partial charge is 0.226 e. The Balaban J connectivity index is 1.25. The lowest BCUT2D eigenvalue weighted by Gasteiger charge is -2.25. The van der Waals surface area contributed by atoms with E-state index in [0.29, 0.717) is 50.4 Å². The second-order valence-corrected chi connectivity index (χ2v) is 7.75. The molecule has 0 bridgehead atoms. The highest BCUT2D eigenvalue weighted by Crippen LogP contribution is 2.24. The molecule has 8 nitrogen and oxygen atoms in total. The molecule has 154 valence electrons. The third kappa shape index (κ3) is 5.21. The fraction of sp³-hybridized carbons (Fsp3) is 0.476. The Morgan fingerprint density at radius 1 is 1.31 bits per heavy atom. The number of anilines is 1. The molecule has 1 aromatic heterocycles. The molecule has 2 fully saturated rings. The van der Waals surface area contributed by atoms with Crippen molar-refractivity contribution in [3.05, 3.63) is 42.6 Å². The minimum absolute atomic E-state index is 0.0370. The molecule has 2 N–H and O–H groups in total. The van der Waals surface area contributed by atoms with Gasteiger partial charge in [-0.1, -0.05) is 18.2 Å². The zero-order chi connectivity index (χ0) is 20.1. The van der Waals surface area contributed by atoms with Crippen molar-refractivity contribution in [2.75, 3.05) is 31.7 Å². The van der Waals surface area contributed by atoms with Gasteiger partial charge in [-0.3, -0.25) is 4.79 Å². The number of carbonyl (C=O) groups is 1. The van der Waals surface area contributed by atoms with Crippen LogP contribution in [0.4, 0.5) is 5.95 Å². The van der Waals surface area contributed by atoms with Crippen LogP contribution < -0.4 is 15.4 Å². The van der Waals surface area contributed by atoms with Gasteiger partial charge in [-0.15, -0.1) is 0 Å². The van der Waals surface area contributed by atoms with Gasteiger partial charge in [-0.25, -0.2) is 4.98 Å². The average molecular weight is 398 g/mol. The first kappa shape index (κ1) is 19.6. The maximum Gasteiger partial charge on any atom is 0.226 e. The molecule has 3 atom stereocenters. The minimum Gasteiger partial charge on any atom is -0.439 e. The summed E-state index contributed by atoms with van der Waals surface area (Å²) in [5.41, 5.74) is -0.263. The SMILES string of the molecule is CC1(NC(=O)[C@@H]2CO[C@H](CNc3nccc(Oc4ccccc4)n3)C2)CCOC1. The molecule has 0 saturated carbocycles. The number of benzene rings is 1. The van der Waals surface area contributed by atoms with E-state index in [2.05, 4.69) is 20.6 Å². The van der Waals surface area contributed by atoms with Gasteiger partial charge in [0, 0.05) is 25.4 Å². The molecule has 4 rings (SSSR count). The van der Waals surface area contributed by atoms with Crippen LogP contribution in [0.25, 0.3) is 0 Å². The summed E-state index contributed by atoms with van der Waals surface area (Å²) in [6.45, 7) is 4.23. The first-order valence-corrected chi connectivity index (χ1v) is 9.91. The predicted molar refractivity (Wildman–Crippen MR) is 107 cm³/mol. The van der Waals surface area contributed by atoms with E-state index in [4.69, 9.17) is 14.2 Å². The Kier molecular flexibility index (Phi) is 5.92. The average Bonchev–Trinajstić information content (AvgIpc) is 3.37. The fourth-order valence-electron chi connectivity index (χ4n) is 3.49. The van der Waals surface area contributed by atoms with Crippen LogP contribution >= 0.6 is 0 Å². The monoisotopic (exact) mass is 398 g/mol. The van der Waals surface area contributed by atoms with Crippen LogP contribution in [0.5, 0.6) is 11.6 Å². The molecule has 1 amide bonds. The zero-order valence-corrected chi connectivity index (χ0v) is 16.5.